The van der Waals surface area contributed by atoms with Crippen LogP contribution in [0.15, 0.2) is 72.8 Å². The molecule has 2 amide bonds. The quantitative estimate of drug-likeness (QED) is 0.750. The van der Waals surface area contributed by atoms with Gasteiger partial charge < -0.3 is 10.2 Å². The second kappa shape index (κ2) is 7.64. The molecule has 0 atom stereocenters. The molecule has 0 unspecified atom stereocenters. The van der Waals surface area contributed by atoms with Crippen LogP contribution in [-0.4, -0.2) is 24.5 Å². The third kappa shape index (κ3) is 4.13. The largest absolute Gasteiger partial charge is 0.338 e. The molecule has 3 heteroatoms. The molecule has 0 saturated carbocycles. The molecule has 3 aromatic carbocycles. The second-order valence-electron chi connectivity index (χ2n) is 6.01. The molecule has 0 heterocycles. The molecule has 3 aromatic rings. The number of carbonyl (C=O) groups excluding carboxylic acids is 1. The lowest BCUT2D eigenvalue weighted by Gasteiger charge is -2.18. The molecule has 0 aliphatic carbocycles. The highest BCUT2D eigenvalue weighted by Gasteiger charge is 2.08. The van der Waals surface area contributed by atoms with E-state index >= 15 is 0 Å². The Kier molecular flexibility index (Phi) is 5.12. The maximum atomic E-state index is 12.2. The van der Waals surface area contributed by atoms with E-state index in [4.69, 9.17) is 0 Å². The third-order valence-corrected chi connectivity index (χ3v) is 4.11. The fourth-order valence-electron chi connectivity index (χ4n) is 2.77. The lowest BCUT2D eigenvalue weighted by molar-refractivity contribution is 0.207. The van der Waals surface area contributed by atoms with Gasteiger partial charge in [-0.2, -0.15) is 0 Å². The molecule has 24 heavy (non-hydrogen) atoms. The maximum Gasteiger partial charge on any atom is 0.317 e. The van der Waals surface area contributed by atoms with Crippen molar-refractivity contribution in [3.05, 3.63) is 83.9 Å². The number of rotatable bonds is 5. The minimum atomic E-state index is -0.0420. The van der Waals surface area contributed by atoms with Crippen LogP contribution >= 0.6 is 0 Å². The summed E-state index contributed by atoms with van der Waals surface area (Å²) in [5, 5.41) is 5.47. The van der Waals surface area contributed by atoms with Crippen molar-refractivity contribution in [3.8, 4) is 0 Å². The molecule has 0 radical (unpaired) electrons. The van der Waals surface area contributed by atoms with Crippen molar-refractivity contribution in [1.82, 2.24) is 10.2 Å². The van der Waals surface area contributed by atoms with Gasteiger partial charge in [-0.1, -0.05) is 72.8 Å². The smallest absolute Gasteiger partial charge is 0.317 e. The Bertz CT molecular complexity index is 814. The van der Waals surface area contributed by atoms with Crippen LogP contribution in [0.4, 0.5) is 4.79 Å². The molecular weight excluding hydrogens is 296 g/mol. The zero-order chi connectivity index (χ0) is 16.8. The Morgan fingerprint density at radius 2 is 1.58 bits per heavy atom. The first kappa shape index (κ1) is 16.1. The predicted molar refractivity (Wildman–Crippen MR) is 99.0 cm³/mol. The SMILES string of the molecule is CN(Cc1ccccc1)C(=O)NCCc1ccc2ccccc2c1. The first-order chi connectivity index (χ1) is 11.7. The molecule has 0 bridgehead atoms. The topological polar surface area (TPSA) is 32.3 Å². The summed E-state index contributed by atoms with van der Waals surface area (Å²) in [4.78, 5) is 13.9. The highest BCUT2D eigenvalue weighted by Crippen LogP contribution is 2.15. The average Bonchev–Trinajstić information content (AvgIpc) is 2.62. The first-order valence-corrected chi connectivity index (χ1v) is 8.23. The predicted octanol–water partition coefficient (Wildman–Crippen LogP) is 4.22. The van der Waals surface area contributed by atoms with Crippen molar-refractivity contribution in [2.45, 2.75) is 13.0 Å². The molecular formula is C21H22N2O. The van der Waals surface area contributed by atoms with E-state index in [0.29, 0.717) is 13.1 Å². The minimum Gasteiger partial charge on any atom is -0.338 e. The van der Waals surface area contributed by atoms with Crippen molar-refractivity contribution in [2.24, 2.45) is 0 Å². The lowest BCUT2D eigenvalue weighted by Crippen LogP contribution is -2.37. The fraction of sp³-hybridized carbons (Fsp3) is 0.190. The molecule has 0 spiro atoms. The standard InChI is InChI=1S/C21H22N2O/c1-23(16-18-7-3-2-4-8-18)21(24)22-14-13-17-11-12-19-9-5-6-10-20(19)15-17/h2-12,15H,13-14,16H2,1H3,(H,22,24). The summed E-state index contributed by atoms with van der Waals surface area (Å²) >= 11 is 0. The van der Waals surface area contributed by atoms with E-state index < -0.39 is 0 Å². The number of nitrogens with zero attached hydrogens (tertiary/aromatic N) is 1. The van der Waals surface area contributed by atoms with Gasteiger partial charge in [0.15, 0.2) is 0 Å². The van der Waals surface area contributed by atoms with Crippen molar-refractivity contribution < 1.29 is 4.79 Å². The van der Waals surface area contributed by atoms with Gasteiger partial charge in [-0.3, -0.25) is 0 Å². The Hall–Kier alpha value is -2.81. The van der Waals surface area contributed by atoms with Crippen LogP contribution in [0.3, 0.4) is 0 Å². The number of urea groups is 1. The molecule has 0 saturated heterocycles. The summed E-state index contributed by atoms with van der Waals surface area (Å²) in [6.07, 6.45) is 0.829. The van der Waals surface area contributed by atoms with Crippen LogP contribution in [0.5, 0.6) is 0 Å². The van der Waals surface area contributed by atoms with Gasteiger partial charge in [0.1, 0.15) is 0 Å². The molecule has 3 rings (SSSR count). The van der Waals surface area contributed by atoms with Gasteiger partial charge in [0.25, 0.3) is 0 Å². The second-order valence-corrected chi connectivity index (χ2v) is 6.01. The van der Waals surface area contributed by atoms with Crippen LogP contribution < -0.4 is 5.32 Å². The van der Waals surface area contributed by atoms with E-state index in [1.807, 2.05) is 49.5 Å². The third-order valence-electron chi connectivity index (χ3n) is 4.11. The Balaban J connectivity index is 1.50. The summed E-state index contributed by atoms with van der Waals surface area (Å²) in [7, 11) is 1.82. The number of fused-ring (bicyclic) bond motifs is 1. The molecule has 0 aliphatic rings. The van der Waals surface area contributed by atoms with E-state index in [9.17, 15) is 4.79 Å². The van der Waals surface area contributed by atoms with Crippen molar-refractivity contribution in [2.75, 3.05) is 13.6 Å². The Morgan fingerprint density at radius 3 is 2.38 bits per heavy atom. The normalized spacial score (nSPS) is 10.5. The summed E-state index contributed by atoms with van der Waals surface area (Å²) < 4.78 is 0. The van der Waals surface area contributed by atoms with Gasteiger partial charge >= 0.3 is 6.03 Å². The molecule has 0 aromatic heterocycles. The lowest BCUT2D eigenvalue weighted by atomic mass is 10.1. The number of nitrogens with one attached hydrogen (secondary N) is 1. The number of hydrogen-bond donors (Lipinski definition) is 1. The van der Waals surface area contributed by atoms with E-state index in [0.717, 1.165) is 12.0 Å². The zero-order valence-electron chi connectivity index (χ0n) is 13.9. The average molecular weight is 318 g/mol. The summed E-state index contributed by atoms with van der Waals surface area (Å²) in [5.74, 6) is 0. The Morgan fingerprint density at radius 1 is 0.875 bits per heavy atom. The van der Waals surface area contributed by atoms with Crippen LogP contribution in [0.2, 0.25) is 0 Å². The highest BCUT2D eigenvalue weighted by atomic mass is 16.2. The molecule has 0 fully saturated rings. The number of benzene rings is 3. The van der Waals surface area contributed by atoms with E-state index in [1.165, 1.54) is 16.3 Å². The molecule has 0 aliphatic heterocycles. The van der Waals surface area contributed by atoms with Crippen LogP contribution in [0, 0.1) is 0 Å². The van der Waals surface area contributed by atoms with Gasteiger partial charge in [-0.05, 0) is 28.3 Å². The maximum absolute atomic E-state index is 12.2. The number of hydrogen-bond acceptors (Lipinski definition) is 1. The first-order valence-electron chi connectivity index (χ1n) is 8.23. The highest BCUT2D eigenvalue weighted by molar-refractivity contribution is 5.83. The molecule has 1 N–H and O–H groups in total. The van der Waals surface area contributed by atoms with Gasteiger partial charge in [0.05, 0.1) is 0 Å². The molecule has 122 valence electrons. The van der Waals surface area contributed by atoms with Gasteiger partial charge in [-0.25, -0.2) is 4.79 Å². The minimum absolute atomic E-state index is 0.0420. The number of amides is 2. The monoisotopic (exact) mass is 318 g/mol. The zero-order valence-corrected chi connectivity index (χ0v) is 13.9. The van der Waals surface area contributed by atoms with Crippen LogP contribution in [0.25, 0.3) is 10.8 Å². The summed E-state index contributed by atoms with van der Waals surface area (Å²) in [6.45, 7) is 1.25. The number of carbonyl (C=O) groups is 1. The van der Waals surface area contributed by atoms with E-state index in [2.05, 4.69) is 35.6 Å². The van der Waals surface area contributed by atoms with Gasteiger partial charge in [0, 0.05) is 20.1 Å². The van der Waals surface area contributed by atoms with E-state index in [-0.39, 0.29) is 6.03 Å². The van der Waals surface area contributed by atoms with Crippen LogP contribution in [-0.2, 0) is 13.0 Å². The van der Waals surface area contributed by atoms with Crippen molar-refractivity contribution in [3.63, 3.8) is 0 Å². The summed E-state index contributed by atoms with van der Waals surface area (Å²) in [6, 6.07) is 24.7. The molecule has 3 nitrogen and oxygen atoms in total. The van der Waals surface area contributed by atoms with Crippen molar-refractivity contribution >= 4 is 16.8 Å². The van der Waals surface area contributed by atoms with Crippen molar-refractivity contribution in [1.29, 1.82) is 0 Å². The van der Waals surface area contributed by atoms with E-state index in [1.54, 1.807) is 4.90 Å². The van der Waals surface area contributed by atoms with Gasteiger partial charge in [-0.15, -0.1) is 0 Å². The van der Waals surface area contributed by atoms with Crippen LogP contribution in [0.1, 0.15) is 11.1 Å². The van der Waals surface area contributed by atoms with Gasteiger partial charge in [0.2, 0.25) is 0 Å². The Labute approximate surface area is 142 Å². The summed E-state index contributed by atoms with van der Waals surface area (Å²) in [5.41, 5.74) is 2.37. The fourth-order valence-corrected chi connectivity index (χ4v) is 2.77.